The van der Waals surface area contributed by atoms with Crippen molar-refractivity contribution in [3.8, 4) is 0 Å². The average molecular weight is 506 g/mol. The monoisotopic (exact) mass is 505 g/mol. The molecule has 0 bridgehead atoms. The quantitative estimate of drug-likeness (QED) is 0.541. The van der Waals surface area contributed by atoms with E-state index in [9.17, 15) is 35.9 Å². The third kappa shape index (κ3) is 5.15. The van der Waals surface area contributed by atoms with Gasteiger partial charge in [-0.3, -0.25) is 9.59 Å². The van der Waals surface area contributed by atoms with Gasteiger partial charge in [0.15, 0.2) is 6.17 Å². The predicted molar refractivity (Wildman–Crippen MR) is 113 cm³/mol. The molecule has 174 valence electrons. The number of aliphatic carboxylic acids is 1. The van der Waals surface area contributed by atoms with Crippen molar-refractivity contribution in [1.82, 2.24) is 13.9 Å². The summed E-state index contributed by atoms with van der Waals surface area (Å²) in [5.74, 6) is -2.85. The molecule has 2 atom stereocenters. The molecule has 10 nitrogen and oxygen atoms in total. The first-order valence-electron chi connectivity index (χ1n) is 9.21. The molecule has 14 heteroatoms. The number of halogens is 1. The topological polar surface area (TPSA) is 141 Å². The number of carboxylic acid groups (broad SMARTS) is 1. The molecule has 1 aromatic carbocycles. The Hall–Kier alpha value is -2.39. The summed E-state index contributed by atoms with van der Waals surface area (Å²) in [5.41, 5.74) is 0.263. The minimum atomic E-state index is -4.19. The van der Waals surface area contributed by atoms with E-state index < -0.39 is 56.4 Å². The van der Waals surface area contributed by atoms with E-state index >= 15 is 0 Å². The molecule has 0 aliphatic carbocycles. The third-order valence-corrected chi connectivity index (χ3v) is 9.23. The second kappa shape index (κ2) is 9.23. The fourth-order valence-electron chi connectivity index (χ4n) is 3.34. The number of nitrogens with zero attached hydrogens (tertiary/aromatic N) is 2. The second-order valence-corrected chi connectivity index (χ2v) is 12.0. The van der Waals surface area contributed by atoms with Crippen LogP contribution in [0.5, 0.6) is 0 Å². The number of thiophene rings is 1. The maximum Gasteiger partial charge on any atom is 0.305 e. The van der Waals surface area contributed by atoms with Gasteiger partial charge in [-0.1, -0.05) is 18.2 Å². The maximum absolute atomic E-state index is 13.3. The molecule has 0 radical (unpaired) electrons. The van der Waals surface area contributed by atoms with Gasteiger partial charge >= 0.3 is 5.97 Å². The van der Waals surface area contributed by atoms with Crippen molar-refractivity contribution in [2.75, 3.05) is 19.3 Å². The number of amides is 1. The molecule has 2 N–H and O–H groups in total. The lowest BCUT2D eigenvalue weighted by Gasteiger charge is -2.29. The van der Waals surface area contributed by atoms with E-state index in [0.29, 0.717) is 0 Å². The normalized spacial score (nSPS) is 19.0. The summed E-state index contributed by atoms with van der Waals surface area (Å²) in [6.45, 7) is -0.507. The summed E-state index contributed by atoms with van der Waals surface area (Å²) in [6, 6.07) is 6.44. The third-order valence-electron chi connectivity index (χ3n) is 4.77. The van der Waals surface area contributed by atoms with E-state index in [4.69, 9.17) is 0 Å². The Morgan fingerprint density at radius 2 is 1.78 bits per heavy atom. The lowest BCUT2D eigenvalue weighted by atomic mass is 10.0. The maximum atomic E-state index is 13.3. The number of nitrogens with one attached hydrogen (secondary N) is 1. The molecule has 2 unspecified atom stereocenters. The van der Waals surface area contributed by atoms with Gasteiger partial charge in [-0.25, -0.2) is 21.2 Å². The number of carbonyl (C=O) groups excluding carboxylic acids is 1. The molecule has 3 rings (SSSR count). The van der Waals surface area contributed by atoms with E-state index in [2.05, 4.69) is 5.32 Å². The summed E-state index contributed by atoms with van der Waals surface area (Å²) < 4.78 is 65.4. The van der Waals surface area contributed by atoms with Crippen LogP contribution < -0.4 is 5.32 Å². The first-order valence-corrected chi connectivity index (χ1v) is 13.4. The summed E-state index contributed by atoms with van der Waals surface area (Å²) in [5, 5.41) is 13.2. The van der Waals surface area contributed by atoms with Crippen LogP contribution in [0.2, 0.25) is 0 Å². The van der Waals surface area contributed by atoms with Gasteiger partial charge in [-0.15, -0.1) is 11.3 Å². The molecule has 0 saturated carbocycles. The van der Waals surface area contributed by atoms with E-state index in [1.54, 1.807) is 0 Å². The molecule has 1 fully saturated rings. The van der Waals surface area contributed by atoms with E-state index in [0.717, 1.165) is 38.3 Å². The van der Waals surface area contributed by atoms with Crippen molar-refractivity contribution in [3.05, 3.63) is 53.2 Å². The highest BCUT2D eigenvalue weighted by Crippen LogP contribution is 2.29. The van der Waals surface area contributed by atoms with Crippen LogP contribution in [0.25, 0.3) is 0 Å². The standard InChI is InChI=1S/C18H20FN3O7S3/c1-31(26,27)21-8-9-22(32(28,29)16-3-2-10-30-16)18(21)17(25)20-14(11-15(23)24)12-4-6-13(19)7-5-12/h2-7,10,14,18H,8-9,11H2,1H3,(H,20,25)(H,23,24). The Labute approximate surface area is 188 Å². The molecule has 32 heavy (non-hydrogen) atoms. The van der Waals surface area contributed by atoms with Gasteiger partial charge in [0, 0.05) is 13.1 Å². The average Bonchev–Trinajstić information content (AvgIpc) is 3.38. The largest absolute Gasteiger partial charge is 0.481 e. The fraction of sp³-hybridized carbons (Fsp3) is 0.333. The number of rotatable bonds is 8. The first-order chi connectivity index (χ1) is 14.9. The first kappa shape index (κ1) is 24.3. The van der Waals surface area contributed by atoms with Crippen LogP contribution in [0, 0.1) is 5.82 Å². The fourth-order valence-corrected chi connectivity index (χ4v) is 7.05. The number of sulfonamides is 2. The van der Waals surface area contributed by atoms with E-state index in [-0.39, 0.29) is 22.9 Å². The number of hydrogen-bond acceptors (Lipinski definition) is 7. The van der Waals surface area contributed by atoms with Crippen LogP contribution in [0.15, 0.2) is 46.0 Å². The van der Waals surface area contributed by atoms with Gasteiger partial charge in [-0.05, 0) is 29.1 Å². The van der Waals surface area contributed by atoms with Crippen LogP contribution in [0.4, 0.5) is 4.39 Å². The Kier molecular flexibility index (Phi) is 7.00. The van der Waals surface area contributed by atoms with Crippen LogP contribution >= 0.6 is 11.3 Å². The molecule has 0 spiro atoms. The van der Waals surface area contributed by atoms with E-state index in [1.807, 2.05) is 0 Å². The van der Waals surface area contributed by atoms with Gasteiger partial charge in [0.25, 0.3) is 15.9 Å². The number of carbonyl (C=O) groups is 2. The van der Waals surface area contributed by atoms with Gasteiger partial charge in [0.05, 0.1) is 18.7 Å². The second-order valence-electron chi connectivity index (χ2n) is 7.01. The van der Waals surface area contributed by atoms with E-state index in [1.165, 1.54) is 29.6 Å². The molecule has 1 aromatic heterocycles. The summed E-state index contributed by atoms with van der Waals surface area (Å²) in [6.07, 6.45) is -1.47. The highest BCUT2D eigenvalue weighted by molar-refractivity contribution is 7.91. The molecule has 2 heterocycles. The molecular formula is C18H20FN3O7S3. The van der Waals surface area contributed by atoms with Crippen LogP contribution in [-0.2, 0) is 29.6 Å². The Morgan fingerprint density at radius 3 is 2.31 bits per heavy atom. The van der Waals surface area contributed by atoms with Crippen molar-refractivity contribution in [1.29, 1.82) is 0 Å². The Balaban J connectivity index is 1.97. The summed E-state index contributed by atoms with van der Waals surface area (Å²) in [7, 11) is -8.18. The zero-order chi connectivity index (χ0) is 23.7. The van der Waals surface area contributed by atoms with Crippen molar-refractivity contribution in [2.24, 2.45) is 0 Å². The minimum Gasteiger partial charge on any atom is -0.481 e. The van der Waals surface area contributed by atoms with Gasteiger partial charge in [0.2, 0.25) is 10.0 Å². The molecular weight excluding hydrogens is 485 g/mol. The van der Waals surface area contributed by atoms with Gasteiger partial charge in [-0.2, -0.15) is 8.61 Å². The number of hydrogen-bond donors (Lipinski definition) is 2. The molecule has 1 aliphatic heterocycles. The predicted octanol–water partition coefficient (Wildman–Crippen LogP) is 0.811. The van der Waals surface area contributed by atoms with Crippen molar-refractivity contribution < 1.29 is 35.9 Å². The van der Waals surface area contributed by atoms with Gasteiger partial charge < -0.3 is 10.4 Å². The highest BCUT2D eigenvalue weighted by Gasteiger charge is 2.48. The lowest BCUT2D eigenvalue weighted by molar-refractivity contribution is -0.138. The Morgan fingerprint density at radius 1 is 1.16 bits per heavy atom. The number of benzene rings is 1. The van der Waals surface area contributed by atoms with Gasteiger partial charge in [0.1, 0.15) is 10.0 Å². The zero-order valence-corrected chi connectivity index (χ0v) is 19.2. The lowest BCUT2D eigenvalue weighted by Crippen LogP contribution is -2.54. The molecule has 1 aliphatic rings. The smallest absolute Gasteiger partial charge is 0.305 e. The van der Waals surface area contributed by atoms with Crippen molar-refractivity contribution >= 4 is 43.3 Å². The van der Waals surface area contributed by atoms with Crippen molar-refractivity contribution in [2.45, 2.75) is 22.8 Å². The SMILES string of the molecule is CS(=O)(=O)N1CCN(S(=O)(=O)c2cccs2)C1C(=O)NC(CC(=O)O)c1ccc(F)cc1. The van der Waals surface area contributed by atoms with Crippen LogP contribution in [0.3, 0.4) is 0 Å². The molecule has 1 amide bonds. The summed E-state index contributed by atoms with van der Waals surface area (Å²) in [4.78, 5) is 24.5. The molecule has 2 aromatic rings. The van der Waals surface area contributed by atoms with Crippen LogP contribution in [0.1, 0.15) is 18.0 Å². The molecule has 1 saturated heterocycles. The minimum absolute atomic E-state index is 0.0636. The Bertz CT molecular complexity index is 1200. The summed E-state index contributed by atoms with van der Waals surface area (Å²) >= 11 is 0.917. The highest BCUT2D eigenvalue weighted by atomic mass is 32.2. The zero-order valence-electron chi connectivity index (χ0n) is 16.7. The van der Waals surface area contributed by atoms with Crippen molar-refractivity contribution in [3.63, 3.8) is 0 Å². The van der Waals surface area contributed by atoms with Crippen LogP contribution in [-0.4, -0.2) is 67.9 Å². The number of carboxylic acids is 1.